The van der Waals surface area contributed by atoms with Gasteiger partial charge in [-0.25, -0.2) is 0 Å². The fourth-order valence-corrected chi connectivity index (χ4v) is 1.52. The van der Waals surface area contributed by atoms with Crippen molar-refractivity contribution in [2.45, 2.75) is 13.3 Å². The Kier molecular flexibility index (Phi) is 1.65. The maximum absolute atomic E-state index is 11.1. The summed E-state index contributed by atoms with van der Waals surface area (Å²) in [6, 6.07) is 5.86. The van der Waals surface area contributed by atoms with E-state index in [2.05, 4.69) is 4.99 Å². The minimum atomic E-state index is -0.157. The van der Waals surface area contributed by atoms with Crippen molar-refractivity contribution in [2.75, 3.05) is 0 Å². The van der Waals surface area contributed by atoms with Crippen molar-refractivity contribution in [1.29, 1.82) is 0 Å². The van der Waals surface area contributed by atoms with Crippen LogP contribution in [0.5, 0.6) is 0 Å². The monoisotopic (exact) mass is 174 g/mol. The molecule has 0 saturated carbocycles. The summed E-state index contributed by atoms with van der Waals surface area (Å²) in [5.74, 6) is 0.182. The van der Waals surface area contributed by atoms with Crippen LogP contribution in [0.1, 0.15) is 16.7 Å². The first-order chi connectivity index (χ1) is 6.16. The first kappa shape index (κ1) is 7.98. The quantitative estimate of drug-likeness (QED) is 0.632. The average molecular weight is 174 g/mol. The Morgan fingerprint density at radius 1 is 1.46 bits per heavy atom. The highest BCUT2D eigenvalue weighted by Crippen LogP contribution is 2.16. The maximum atomic E-state index is 11.1. The lowest BCUT2D eigenvalue weighted by Crippen LogP contribution is -2.23. The van der Waals surface area contributed by atoms with Crippen molar-refractivity contribution >= 4 is 11.7 Å². The molecular weight excluding hydrogens is 164 g/mol. The number of carbonyl (C=O) groups is 1. The molecule has 0 bridgehead atoms. The minimum absolute atomic E-state index is 0.157. The number of hydrogen-bond donors (Lipinski definition) is 1. The van der Waals surface area contributed by atoms with Gasteiger partial charge in [0.15, 0.2) is 0 Å². The van der Waals surface area contributed by atoms with E-state index in [-0.39, 0.29) is 5.91 Å². The molecule has 0 spiro atoms. The van der Waals surface area contributed by atoms with Crippen LogP contribution in [0.15, 0.2) is 23.2 Å². The van der Waals surface area contributed by atoms with E-state index in [0.29, 0.717) is 12.3 Å². The van der Waals surface area contributed by atoms with E-state index in [9.17, 15) is 4.79 Å². The van der Waals surface area contributed by atoms with Gasteiger partial charge in [0, 0.05) is 5.56 Å². The Bertz CT molecular complexity index is 407. The molecule has 2 N–H and O–H groups in total. The zero-order valence-corrected chi connectivity index (χ0v) is 7.37. The molecule has 0 fully saturated rings. The van der Waals surface area contributed by atoms with E-state index in [1.165, 1.54) is 0 Å². The van der Waals surface area contributed by atoms with Crippen LogP contribution in [0.3, 0.4) is 0 Å². The summed E-state index contributed by atoms with van der Waals surface area (Å²) in [4.78, 5) is 14.8. The predicted octanol–water partition coefficient (Wildman–Crippen LogP) is 0.783. The predicted molar refractivity (Wildman–Crippen MR) is 50.6 cm³/mol. The van der Waals surface area contributed by atoms with Crippen molar-refractivity contribution in [3.63, 3.8) is 0 Å². The van der Waals surface area contributed by atoms with Crippen LogP contribution >= 0.6 is 0 Å². The molecule has 1 heterocycles. The van der Waals surface area contributed by atoms with Gasteiger partial charge in [-0.2, -0.15) is 4.99 Å². The van der Waals surface area contributed by atoms with Crippen LogP contribution in [-0.2, 0) is 11.2 Å². The number of fused-ring (bicyclic) bond motifs is 1. The SMILES string of the molecule is Cc1ccc2c(c1)CC(=O)N=C2N. The summed E-state index contributed by atoms with van der Waals surface area (Å²) in [5, 5.41) is 0. The lowest BCUT2D eigenvalue weighted by molar-refractivity contribution is -0.117. The molecule has 0 radical (unpaired) electrons. The third-order valence-electron chi connectivity index (χ3n) is 2.12. The highest BCUT2D eigenvalue weighted by Gasteiger charge is 2.16. The molecule has 0 aromatic heterocycles. The van der Waals surface area contributed by atoms with E-state index in [1.807, 2.05) is 25.1 Å². The number of amidine groups is 1. The van der Waals surface area contributed by atoms with Crippen LogP contribution in [-0.4, -0.2) is 11.7 Å². The number of carbonyl (C=O) groups excluding carboxylic acids is 1. The third-order valence-corrected chi connectivity index (χ3v) is 2.12. The van der Waals surface area contributed by atoms with Gasteiger partial charge in [0.05, 0.1) is 6.42 Å². The summed E-state index contributed by atoms with van der Waals surface area (Å²) in [6.07, 6.45) is 0.373. The Morgan fingerprint density at radius 3 is 3.00 bits per heavy atom. The first-order valence-electron chi connectivity index (χ1n) is 4.14. The van der Waals surface area contributed by atoms with E-state index < -0.39 is 0 Å². The van der Waals surface area contributed by atoms with Crippen molar-refractivity contribution in [3.8, 4) is 0 Å². The van der Waals surface area contributed by atoms with Gasteiger partial charge in [-0.3, -0.25) is 4.79 Å². The number of rotatable bonds is 0. The second-order valence-electron chi connectivity index (χ2n) is 3.23. The van der Waals surface area contributed by atoms with Crippen LogP contribution in [0, 0.1) is 6.92 Å². The molecule has 0 saturated heterocycles. The zero-order chi connectivity index (χ0) is 9.42. The second kappa shape index (κ2) is 2.69. The zero-order valence-electron chi connectivity index (χ0n) is 7.37. The van der Waals surface area contributed by atoms with Gasteiger partial charge in [-0.1, -0.05) is 23.8 Å². The van der Waals surface area contributed by atoms with E-state index in [1.54, 1.807) is 0 Å². The molecule has 0 atom stereocenters. The number of nitrogens with zero attached hydrogens (tertiary/aromatic N) is 1. The second-order valence-corrected chi connectivity index (χ2v) is 3.23. The van der Waals surface area contributed by atoms with Crippen LogP contribution in [0.25, 0.3) is 0 Å². The van der Waals surface area contributed by atoms with E-state index >= 15 is 0 Å². The molecule has 0 aliphatic carbocycles. The molecule has 1 aliphatic heterocycles. The number of hydrogen-bond acceptors (Lipinski definition) is 2. The topological polar surface area (TPSA) is 55.5 Å². The number of aliphatic imine (C=N–C) groups is 1. The summed E-state index contributed by atoms with van der Waals surface area (Å²) in [7, 11) is 0. The van der Waals surface area contributed by atoms with Crippen LogP contribution in [0.2, 0.25) is 0 Å². The third kappa shape index (κ3) is 1.33. The molecular formula is C10H10N2O. The Morgan fingerprint density at radius 2 is 2.23 bits per heavy atom. The number of benzene rings is 1. The molecule has 1 amide bonds. The average Bonchev–Trinajstić information content (AvgIpc) is 2.02. The first-order valence-corrected chi connectivity index (χ1v) is 4.14. The van der Waals surface area contributed by atoms with Gasteiger partial charge in [-0.15, -0.1) is 0 Å². The number of amides is 1. The summed E-state index contributed by atoms with van der Waals surface area (Å²) >= 11 is 0. The fraction of sp³-hybridized carbons (Fsp3) is 0.200. The number of nitrogens with two attached hydrogens (primary N) is 1. The van der Waals surface area contributed by atoms with Gasteiger partial charge in [-0.05, 0) is 12.5 Å². The molecule has 66 valence electrons. The normalized spacial score (nSPS) is 15.2. The molecule has 13 heavy (non-hydrogen) atoms. The van der Waals surface area contributed by atoms with Gasteiger partial charge in [0.1, 0.15) is 5.84 Å². The van der Waals surface area contributed by atoms with Crippen molar-refractivity contribution in [2.24, 2.45) is 10.7 Å². The Balaban J connectivity index is 2.60. The van der Waals surface area contributed by atoms with E-state index in [0.717, 1.165) is 16.7 Å². The Hall–Kier alpha value is -1.64. The smallest absolute Gasteiger partial charge is 0.252 e. The van der Waals surface area contributed by atoms with Gasteiger partial charge in [0.25, 0.3) is 5.91 Å². The van der Waals surface area contributed by atoms with Crippen molar-refractivity contribution < 1.29 is 4.79 Å². The molecule has 0 unspecified atom stereocenters. The fourth-order valence-electron chi connectivity index (χ4n) is 1.52. The largest absolute Gasteiger partial charge is 0.383 e. The standard InChI is InChI=1S/C10H10N2O/c1-6-2-3-8-7(4-6)5-9(13)12-10(8)11/h2-4H,5H2,1H3,(H2,11,12,13). The van der Waals surface area contributed by atoms with Gasteiger partial charge < -0.3 is 5.73 Å². The van der Waals surface area contributed by atoms with Gasteiger partial charge in [0.2, 0.25) is 0 Å². The lowest BCUT2D eigenvalue weighted by atomic mass is 9.99. The molecule has 2 rings (SSSR count). The highest BCUT2D eigenvalue weighted by molar-refractivity contribution is 6.08. The van der Waals surface area contributed by atoms with Gasteiger partial charge >= 0.3 is 0 Å². The number of aryl methyl sites for hydroxylation is 1. The molecule has 3 heteroatoms. The molecule has 1 aromatic carbocycles. The van der Waals surface area contributed by atoms with Crippen LogP contribution < -0.4 is 5.73 Å². The Labute approximate surface area is 76.3 Å². The maximum Gasteiger partial charge on any atom is 0.252 e. The van der Waals surface area contributed by atoms with Crippen LogP contribution in [0.4, 0.5) is 0 Å². The van der Waals surface area contributed by atoms with Crippen molar-refractivity contribution in [1.82, 2.24) is 0 Å². The summed E-state index contributed by atoms with van der Waals surface area (Å²) < 4.78 is 0. The lowest BCUT2D eigenvalue weighted by Gasteiger charge is -2.12. The molecule has 1 aromatic rings. The highest BCUT2D eigenvalue weighted by atomic mass is 16.1. The molecule has 3 nitrogen and oxygen atoms in total. The molecule has 1 aliphatic rings. The minimum Gasteiger partial charge on any atom is -0.383 e. The summed E-state index contributed by atoms with van der Waals surface area (Å²) in [6.45, 7) is 1.99. The van der Waals surface area contributed by atoms with Crippen molar-refractivity contribution in [3.05, 3.63) is 34.9 Å². The summed E-state index contributed by atoms with van der Waals surface area (Å²) in [5.41, 5.74) is 8.63. The van der Waals surface area contributed by atoms with E-state index in [4.69, 9.17) is 5.73 Å².